The summed E-state index contributed by atoms with van der Waals surface area (Å²) in [6.45, 7) is 2.15. The van der Waals surface area contributed by atoms with Crippen LogP contribution in [0.15, 0.2) is 30.6 Å². The maximum atomic E-state index is 13.3. The lowest BCUT2D eigenvalue weighted by Gasteiger charge is -2.28. The van der Waals surface area contributed by atoms with E-state index in [4.69, 9.17) is 23.2 Å². The third-order valence-corrected chi connectivity index (χ3v) is 5.24. The Bertz CT molecular complexity index is 1080. The Hall–Kier alpha value is -2.72. The van der Waals surface area contributed by atoms with Crippen LogP contribution >= 0.6 is 23.2 Å². The maximum absolute atomic E-state index is 13.3. The first-order valence-electron chi connectivity index (χ1n) is 9.09. The zero-order valence-corrected chi connectivity index (χ0v) is 17.2. The van der Waals surface area contributed by atoms with Crippen molar-refractivity contribution < 1.29 is 13.6 Å². The molecular weight excluding hydrogens is 439 g/mol. The maximum Gasteiger partial charge on any atom is 0.295 e. The van der Waals surface area contributed by atoms with Gasteiger partial charge in [-0.3, -0.25) is 9.48 Å². The predicted molar refractivity (Wildman–Crippen MR) is 109 cm³/mol. The predicted octanol–water partition coefficient (Wildman–Crippen LogP) is 4.09. The van der Waals surface area contributed by atoms with Crippen LogP contribution in [0.25, 0.3) is 0 Å². The molecule has 1 amide bonds. The van der Waals surface area contributed by atoms with Crippen LogP contribution in [0.4, 0.5) is 20.4 Å². The van der Waals surface area contributed by atoms with Crippen LogP contribution in [-0.2, 0) is 6.54 Å². The highest BCUT2D eigenvalue weighted by atomic mass is 35.5. The number of nitrogens with one attached hydrogen (secondary N) is 2. The Kier molecular flexibility index (Phi) is 5.61. The fourth-order valence-electron chi connectivity index (χ4n) is 3.23. The number of benzene rings is 1. The SMILES string of the molecule is C[C@@H]1C[C@H](C(F)F)n2nc(C(=O)Nc3cnn(Cc4ccc(Cl)cc4Cl)c3)nc2N1. The van der Waals surface area contributed by atoms with E-state index in [9.17, 15) is 13.6 Å². The molecule has 8 nitrogen and oxygen atoms in total. The number of carbonyl (C=O) groups excluding carboxylic acids is 1. The molecule has 0 fully saturated rings. The number of nitrogens with zero attached hydrogens (tertiary/aromatic N) is 5. The molecule has 1 aromatic carbocycles. The summed E-state index contributed by atoms with van der Waals surface area (Å²) in [5, 5.41) is 14.8. The third-order valence-electron chi connectivity index (χ3n) is 4.65. The van der Waals surface area contributed by atoms with E-state index in [1.54, 1.807) is 36.0 Å². The molecule has 0 radical (unpaired) electrons. The fraction of sp³-hybridized carbons (Fsp3) is 0.333. The first kappa shape index (κ1) is 20.5. The molecule has 2 N–H and O–H groups in total. The first-order chi connectivity index (χ1) is 14.3. The van der Waals surface area contributed by atoms with Crippen molar-refractivity contribution in [1.82, 2.24) is 24.5 Å². The van der Waals surface area contributed by atoms with E-state index < -0.39 is 18.4 Å². The molecule has 3 heterocycles. The molecule has 30 heavy (non-hydrogen) atoms. The van der Waals surface area contributed by atoms with Crippen LogP contribution in [0.3, 0.4) is 0 Å². The molecular formula is C18H17Cl2F2N7O. The molecule has 0 unspecified atom stereocenters. The highest BCUT2D eigenvalue weighted by Gasteiger charge is 2.34. The van der Waals surface area contributed by atoms with Gasteiger partial charge in [0.15, 0.2) is 0 Å². The Balaban J connectivity index is 1.47. The molecule has 1 aliphatic rings. The zero-order valence-electron chi connectivity index (χ0n) is 15.7. The van der Waals surface area contributed by atoms with E-state index in [2.05, 4.69) is 25.8 Å². The number of rotatable bonds is 5. The number of halogens is 4. The minimum Gasteiger partial charge on any atom is -0.352 e. The van der Waals surface area contributed by atoms with Gasteiger partial charge in [-0.25, -0.2) is 13.5 Å². The summed E-state index contributed by atoms with van der Waals surface area (Å²) in [7, 11) is 0. The normalized spacial score (nSPS) is 18.2. The van der Waals surface area contributed by atoms with Gasteiger partial charge in [0.2, 0.25) is 11.8 Å². The van der Waals surface area contributed by atoms with Crippen LogP contribution in [0.1, 0.15) is 35.6 Å². The molecule has 0 saturated carbocycles. The fourth-order valence-corrected chi connectivity index (χ4v) is 3.69. The standard InChI is InChI=1S/C18H17Cl2F2N7O/c1-9-4-14(15(21)22)29-18(24-9)26-16(27-29)17(30)25-12-6-23-28(8-12)7-10-2-3-11(19)5-13(10)20/h2-3,5-6,8-9,14-15H,4,7H2,1H3,(H,25,30)(H,24,26,27)/t9-,14-/m1/s1. The number of hydrogen-bond acceptors (Lipinski definition) is 5. The second kappa shape index (κ2) is 8.19. The molecule has 0 spiro atoms. The highest BCUT2D eigenvalue weighted by molar-refractivity contribution is 6.35. The number of amides is 1. The monoisotopic (exact) mass is 455 g/mol. The van der Waals surface area contributed by atoms with Crippen LogP contribution in [-0.4, -0.2) is 42.9 Å². The van der Waals surface area contributed by atoms with Gasteiger partial charge in [0.1, 0.15) is 6.04 Å². The molecule has 2 aromatic heterocycles. The van der Waals surface area contributed by atoms with Crippen LogP contribution in [0, 0.1) is 0 Å². The largest absolute Gasteiger partial charge is 0.352 e. The average Bonchev–Trinajstić information content (AvgIpc) is 3.30. The number of fused-ring (bicyclic) bond motifs is 1. The molecule has 4 rings (SSSR count). The average molecular weight is 456 g/mol. The molecule has 0 aliphatic carbocycles. The molecule has 1 aliphatic heterocycles. The van der Waals surface area contributed by atoms with Crippen LogP contribution in [0.5, 0.6) is 0 Å². The Labute approximate surface area is 180 Å². The van der Waals surface area contributed by atoms with Crippen molar-refractivity contribution in [3.05, 3.63) is 52.0 Å². The first-order valence-corrected chi connectivity index (χ1v) is 9.84. The minimum absolute atomic E-state index is 0.150. The van der Waals surface area contributed by atoms with E-state index in [0.29, 0.717) is 22.3 Å². The van der Waals surface area contributed by atoms with Crippen molar-refractivity contribution >= 4 is 40.7 Å². The molecule has 12 heteroatoms. The number of hydrogen-bond donors (Lipinski definition) is 2. The van der Waals surface area contributed by atoms with Crippen molar-refractivity contribution in [2.45, 2.75) is 38.4 Å². The van der Waals surface area contributed by atoms with Crippen molar-refractivity contribution in [3.63, 3.8) is 0 Å². The van der Waals surface area contributed by atoms with Gasteiger partial charge >= 0.3 is 0 Å². The van der Waals surface area contributed by atoms with E-state index in [1.807, 2.05) is 0 Å². The molecule has 0 bridgehead atoms. The lowest BCUT2D eigenvalue weighted by atomic mass is 10.1. The molecule has 158 valence electrons. The summed E-state index contributed by atoms with van der Waals surface area (Å²) in [6, 6.07) is 3.82. The minimum atomic E-state index is -2.61. The zero-order chi connectivity index (χ0) is 21.4. The number of carbonyl (C=O) groups is 1. The Morgan fingerprint density at radius 1 is 1.40 bits per heavy atom. The summed E-state index contributed by atoms with van der Waals surface area (Å²) in [5.74, 6) is -0.675. The van der Waals surface area contributed by atoms with Crippen LogP contribution < -0.4 is 10.6 Å². The Morgan fingerprint density at radius 2 is 2.20 bits per heavy atom. The van der Waals surface area contributed by atoms with E-state index in [1.165, 1.54) is 6.20 Å². The molecule has 2 atom stereocenters. The van der Waals surface area contributed by atoms with Gasteiger partial charge in [-0.1, -0.05) is 29.3 Å². The smallest absolute Gasteiger partial charge is 0.295 e. The number of anilines is 2. The Morgan fingerprint density at radius 3 is 2.93 bits per heavy atom. The lowest BCUT2D eigenvalue weighted by Crippen LogP contribution is -2.33. The summed E-state index contributed by atoms with van der Waals surface area (Å²) in [6.07, 6.45) is 0.653. The second-order valence-corrected chi connectivity index (χ2v) is 7.85. The lowest BCUT2D eigenvalue weighted by molar-refractivity contribution is 0.0662. The van der Waals surface area contributed by atoms with E-state index >= 15 is 0 Å². The van der Waals surface area contributed by atoms with Gasteiger partial charge < -0.3 is 10.6 Å². The molecule has 3 aromatic rings. The van der Waals surface area contributed by atoms with E-state index in [-0.39, 0.29) is 24.2 Å². The molecule has 0 saturated heterocycles. The third kappa shape index (κ3) is 4.24. The van der Waals surface area contributed by atoms with Crippen molar-refractivity contribution in [1.29, 1.82) is 0 Å². The van der Waals surface area contributed by atoms with Gasteiger partial charge in [-0.05, 0) is 31.0 Å². The summed E-state index contributed by atoms with van der Waals surface area (Å²) in [4.78, 5) is 16.6. The van der Waals surface area contributed by atoms with Crippen LogP contribution in [0.2, 0.25) is 10.0 Å². The quantitative estimate of drug-likeness (QED) is 0.604. The summed E-state index contributed by atoms with van der Waals surface area (Å²) in [5.41, 5.74) is 1.22. The number of alkyl halides is 2. The summed E-state index contributed by atoms with van der Waals surface area (Å²) < 4.78 is 29.3. The van der Waals surface area contributed by atoms with Gasteiger partial charge in [0, 0.05) is 22.3 Å². The van der Waals surface area contributed by atoms with Crippen molar-refractivity contribution in [2.75, 3.05) is 10.6 Å². The topological polar surface area (TPSA) is 89.7 Å². The van der Waals surface area contributed by atoms with Gasteiger partial charge in [0.25, 0.3) is 12.3 Å². The van der Waals surface area contributed by atoms with Gasteiger partial charge in [-0.15, -0.1) is 5.10 Å². The van der Waals surface area contributed by atoms with Gasteiger partial charge in [0.05, 0.1) is 18.4 Å². The van der Waals surface area contributed by atoms with Gasteiger partial charge in [-0.2, -0.15) is 10.1 Å². The van der Waals surface area contributed by atoms with Crippen molar-refractivity contribution in [2.24, 2.45) is 0 Å². The summed E-state index contributed by atoms with van der Waals surface area (Å²) >= 11 is 12.1. The van der Waals surface area contributed by atoms with E-state index in [0.717, 1.165) is 10.2 Å². The number of aromatic nitrogens is 5. The van der Waals surface area contributed by atoms with Crippen molar-refractivity contribution in [3.8, 4) is 0 Å². The highest BCUT2D eigenvalue weighted by Crippen LogP contribution is 2.30. The second-order valence-electron chi connectivity index (χ2n) is 7.00.